The molecule has 0 radical (unpaired) electrons. The molecule has 1 aromatic heterocycles. The summed E-state index contributed by atoms with van der Waals surface area (Å²) in [6, 6.07) is 6.82. The molecule has 3 aliphatic rings. The molecule has 1 aromatic carbocycles. The van der Waals surface area contributed by atoms with Crippen molar-refractivity contribution in [2.24, 2.45) is 4.99 Å². The molecule has 1 saturated carbocycles. The highest BCUT2D eigenvalue weighted by Crippen LogP contribution is 2.49. The van der Waals surface area contributed by atoms with E-state index in [4.69, 9.17) is 4.99 Å². The molecule has 1 spiro atoms. The third kappa shape index (κ3) is 4.05. The zero-order chi connectivity index (χ0) is 26.0. The molecule has 0 unspecified atom stereocenters. The Balaban J connectivity index is 1.48. The number of carbonyl (C=O) groups is 1. The van der Waals surface area contributed by atoms with Gasteiger partial charge in [0, 0.05) is 34.5 Å². The summed E-state index contributed by atoms with van der Waals surface area (Å²) in [5.41, 5.74) is -1.50. The van der Waals surface area contributed by atoms with Crippen LogP contribution in [0.3, 0.4) is 0 Å². The number of alkyl halides is 3. The number of aromatic nitrogens is 1. The van der Waals surface area contributed by atoms with Crippen molar-refractivity contribution in [2.75, 3.05) is 11.4 Å². The Bertz CT molecular complexity index is 1350. The molecule has 1 amide bonds. The van der Waals surface area contributed by atoms with Gasteiger partial charge >= 0.3 is 6.18 Å². The fraction of sp³-hybridized carbons (Fsp3) is 0.440. The molecule has 2 atom stereocenters. The third-order valence-electron chi connectivity index (χ3n) is 7.38. The van der Waals surface area contributed by atoms with Crippen LogP contribution in [0.4, 0.5) is 23.2 Å². The molecule has 2 aliphatic heterocycles. The summed E-state index contributed by atoms with van der Waals surface area (Å²) in [5.74, 6) is -0.725. The minimum Gasteiger partial charge on any atom is -0.367 e. The smallest absolute Gasteiger partial charge is 0.367 e. The SMILES string of the molecule is C[C@H]1C[C@@]2(CCN1c1cc(Br)cc(F)c1C#N)N=C(c1ccc(C(F)(F)F)nc1C1(C)CC1)NC2=O. The van der Waals surface area contributed by atoms with Crippen molar-refractivity contribution in [1.29, 1.82) is 5.26 Å². The van der Waals surface area contributed by atoms with Gasteiger partial charge in [0.05, 0.1) is 11.4 Å². The Hall–Kier alpha value is -3.00. The quantitative estimate of drug-likeness (QED) is 0.518. The monoisotopic (exact) mass is 563 g/mol. The van der Waals surface area contributed by atoms with Crippen molar-refractivity contribution < 1.29 is 22.4 Å². The maximum atomic E-state index is 14.4. The van der Waals surface area contributed by atoms with Gasteiger partial charge in [-0.2, -0.15) is 18.4 Å². The zero-order valence-corrected chi connectivity index (χ0v) is 21.1. The first-order chi connectivity index (χ1) is 16.9. The van der Waals surface area contributed by atoms with Gasteiger partial charge in [0.15, 0.2) is 0 Å². The molecule has 2 fully saturated rings. The first-order valence-electron chi connectivity index (χ1n) is 11.5. The number of benzene rings is 1. The lowest BCUT2D eigenvalue weighted by Gasteiger charge is -2.42. The molecule has 3 heterocycles. The summed E-state index contributed by atoms with van der Waals surface area (Å²) in [7, 11) is 0. The second kappa shape index (κ2) is 8.26. The Morgan fingerprint density at radius 2 is 1.97 bits per heavy atom. The van der Waals surface area contributed by atoms with Gasteiger partial charge in [-0.15, -0.1) is 0 Å². The maximum absolute atomic E-state index is 14.4. The fourth-order valence-electron chi connectivity index (χ4n) is 5.13. The number of aliphatic imine (C=N–C) groups is 1. The number of halogens is 5. The van der Waals surface area contributed by atoms with Crippen LogP contribution < -0.4 is 10.2 Å². The second-order valence-corrected chi connectivity index (χ2v) is 10.9. The average molecular weight is 564 g/mol. The van der Waals surface area contributed by atoms with Gasteiger partial charge in [0.2, 0.25) is 0 Å². The van der Waals surface area contributed by atoms with Gasteiger partial charge in [-0.25, -0.2) is 9.37 Å². The van der Waals surface area contributed by atoms with E-state index in [1.807, 2.05) is 24.8 Å². The van der Waals surface area contributed by atoms with E-state index in [0.717, 1.165) is 6.07 Å². The van der Waals surface area contributed by atoms with Gasteiger partial charge in [0.25, 0.3) is 5.91 Å². The van der Waals surface area contributed by atoms with E-state index in [1.165, 1.54) is 12.1 Å². The lowest BCUT2D eigenvalue weighted by Crippen LogP contribution is -2.53. The van der Waals surface area contributed by atoms with Crippen LogP contribution in [-0.2, 0) is 16.4 Å². The molecule has 1 saturated heterocycles. The molecular weight excluding hydrogens is 542 g/mol. The predicted octanol–water partition coefficient (Wildman–Crippen LogP) is 5.23. The first kappa shape index (κ1) is 24.7. The van der Waals surface area contributed by atoms with Crippen LogP contribution in [0, 0.1) is 17.1 Å². The number of nitriles is 1. The normalized spacial score (nSPS) is 24.9. The number of pyridine rings is 1. The van der Waals surface area contributed by atoms with Crippen LogP contribution in [0.2, 0.25) is 0 Å². The van der Waals surface area contributed by atoms with Crippen molar-refractivity contribution in [3.63, 3.8) is 0 Å². The topological polar surface area (TPSA) is 81.4 Å². The van der Waals surface area contributed by atoms with E-state index >= 15 is 0 Å². The number of carbonyl (C=O) groups excluding carboxylic acids is 1. The Morgan fingerprint density at radius 3 is 2.58 bits per heavy atom. The lowest BCUT2D eigenvalue weighted by molar-refractivity contribution is -0.141. The molecule has 11 heteroatoms. The third-order valence-corrected chi connectivity index (χ3v) is 7.84. The molecule has 6 nitrogen and oxygen atoms in total. The van der Waals surface area contributed by atoms with Crippen LogP contribution in [0.25, 0.3) is 0 Å². The molecule has 1 N–H and O–H groups in total. The van der Waals surface area contributed by atoms with Gasteiger partial charge < -0.3 is 10.2 Å². The average Bonchev–Trinajstić information content (AvgIpc) is 3.48. The van der Waals surface area contributed by atoms with Crippen molar-refractivity contribution in [3.8, 4) is 6.07 Å². The molecule has 5 rings (SSSR count). The number of anilines is 1. The summed E-state index contributed by atoms with van der Waals surface area (Å²) in [4.78, 5) is 23.8. The number of amides is 1. The summed E-state index contributed by atoms with van der Waals surface area (Å²) >= 11 is 3.27. The van der Waals surface area contributed by atoms with Crippen molar-refractivity contribution >= 4 is 33.4 Å². The van der Waals surface area contributed by atoms with Crippen LogP contribution in [0.1, 0.15) is 62.0 Å². The van der Waals surface area contributed by atoms with Gasteiger partial charge in [-0.05, 0) is 50.5 Å². The minimum atomic E-state index is -4.57. The molecule has 0 bridgehead atoms. The molecule has 36 heavy (non-hydrogen) atoms. The van der Waals surface area contributed by atoms with Crippen molar-refractivity contribution in [2.45, 2.75) is 62.7 Å². The van der Waals surface area contributed by atoms with Gasteiger partial charge in [-0.3, -0.25) is 9.79 Å². The summed E-state index contributed by atoms with van der Waals surface area (Å²) in [5, 5.41) is 12.3. The largest absolute Gasteiger partial charge is 0.433 e. The highest BCUT2D eigenvalue weighted by Gasteiger charge is 2.50. The first-order valence-corrected chi connectivity index (χ1v) is 12.3. The summed E-state index contributed by atoms with van der Waals surface area (Å²) in [6.45, 7) is 4.07. The molecule has 1 aliphatic carbocycles. The molecule has 188 valence electrons. The minimum absolute atomic E-state index is 0.0702. The second-order valence-electron chi connectivity index (χ2n) is 9.99. The van der Waals surface area contributed by atoms with E-state index < -0.39 is 28.6 Å². The maximum Gasteiger partial charge on any atom is 0.433 e. The van der Waals surface area contributed by atoms with E-state index in [0.29, 0.717) is 53.6 Å². The highest BCUT2D eigenvalue weighted by atomic mass is 79.9. The predicted molar refractivity (Wildman–Crippen MR) is 128 cm³/mol. The van der Waals surface area contributed by atoms with Crippen LogP contribution in [0.15, 0.2) is 33.7 Å². The standard InChI is InChI=1S/C25H22BrF4N5O/c1-13-11-24(7-8-35(13)18-10-14(26)9-17(27)16(18)12-31)22(36)33-21(34-24)15-3-4-19(25(28,29)30)32-20(15)23(2)5-6-23/h3-4,9-10,13H,5-8,11H2,1-2H3,(H,33,34,36)/t13-,24+/m0/s1. The number of nitrogens with zero attached hydrogens (tertiary/aromatic N) is 4. The van der Waals surface area contributed by atoms with E-state index in [-0.39, 0.29) is 23.3 Å². The van der Waals surface area contributed by atoms with Crippen molar-refractivity contribution in [1.82, 2.24) is 10.3 Å². The van der Waals surface area contributed by atoms with Gasteiger partial charge in [-0.1, -0.05) is 22.9 Å². The van der Waals surface area contributed by atoms with Crippen LogP contribution >= 0.6 is 15.9 Å². The number of hydrogen-bond donors (Lipinski definition) is 1. The van der Waals surface area contributed by atoms with E-state index in [2.05, 4.69) is 26.2 Å². The van der Waals surface area contributed by atoms with Gasteiger partial charge in [0.1, 0.15) is 34.5 Å². The van der Waals surface area contributed by atoms with Crippen LogP contribution in [-0.4, -0.2) is 34.9 Å². The lowest BCUT2D eigenvalue weighted by atomic mass is 9.83. The number of piperidine rings is 1. The van der Waals surface area contributed by atoms with Crippen molar-refractivity contribution in [3.05, 3.63) is 57.1 Å². The fourth-order valence-corrected chi connectivity index (χ4v) is 5.54. The van der Waals surface area contributed by atoms with E-state index in [9.17, 15) is 27.6 Å². The Kier molecular flexibility index (Phi) is 5.67. The van der Waals surface area contributed by atoms with Crippen LogP contribution in [0.5, 0.6) is 0 Å². The summed E-state index contributed by atoms with van der Waals surface area (Å²) in [6.07, 6.45) is -2.57. The highest BCUT2D eigenvalue weighted by molar-refractivity contribution is 9.10. The number of hydrogen-bond acceptors (Lipinski definition) is 5. The zero-order valence-electron chi connectivity index (χ0n) is 19.5. The van der Waals surface area contributed by atoms with E-state index in [1.54, 1.807) is 6.07 Å². The summed E-state index contributed by atoms with van der Waals surface area (Å²) < 4.78 is 54.9. The Morgan fingerprint density at radius 1 is 1.25 bits per heavy atom. The molecule has 2 aromatic rings. The number of nitrogens with one attached hydrogen (secondary N) is 1. The number of rotatable bonds is 3. The molecular formula is C25H22BrF4N5O. The number of amidine groups is 1. The Labute approximate surface area is 213 Å².